The van der Waals surface area contributed by atoms with E-state index in [0.29, 0.717) is 14.9 Å². The number of benzene rings is 2. The van der Waals surface area contributed by atoms with Gasteiger partial charge in [0, 0.05) is 18.5 Å². The lowest BCUT2D eigenvalue weighted by Gasteiger charge is -2.16. The maximum atomic E-state index is 12.9. The van der Waals surface area contributed by atoms with Crippen LogP contribution >= 0.6 is 24.0 Å². The number of anilines is 1. The molecule has 1 fully saturated rings. The smallest absolute Gasteiger partial charge is 0.266 e. The van der Waals surface area contributed by atoms with E-state index in [1.165, 1.54) is 40.6 Å². The molecule has 1 saturated heterocycles. The predicted molar refractivity (Wildman–Crippen MR) is 142 cm³/mol. The van der Waals surface area contributed by atoms with Gasteiger partial charge in [0.25, 0.3) is 5.91 Å². The van der Waals surface area contributed by atoms with Crippen LogP contribution in [0.2, 0.25) is 0 Å². The van der Waals surface area contributed by atoms with Crippen LogP contribution in [0.3, 0.4) is 0 Å². The maximum absolute atomic E-state index is 12.9. The first-order valence-corrected chi connectivity index (χ1v) is 12.9. The zero-order chi connectivity index (χ0) is 25.1. The van der Waals surface area contributed by atoms with Crippen molar-refractivity contribution in [2.45, 2.75) is 32.1 Å². The van der Waals surface area contributed by atoms with Gasteiger partial charge in [0.05, 0.1) is 12.0 Å². The van der Waals surface area contributed by atoms with E-state index in [4.69, 9.17) is 21.6 Å². The van der Waals surface area contributed by atoms with Gasteiger partial charge in [-0.05, 0) is 77.0 Å². The number of ether oxygens (including phenoxy) is 1. The van der Waals surface area contributed by atoms with Gasteiger partial charge in [-0.2, -0.15) is 0 Å². The predicted octanol–water partition coefficient (Wildman–Crippen LogP) is 4.85. The first-order chi connectivity index (χ1) is 17.5. The fourth-order valence-corrected chi connectivity index (χ4v) is 5.60. The van der Waals surface area contributed by atoms with Crippen molar-refractivity contribution in [2.75, 3.05) is 19.0 Å². The van der Waals surface area contributed by atoms with Crippen LogP contribution in [0.1, 0.15) is 36.0 Å². The Morgan fingerprint density at radius 2 is 1.94 bits per heavy atom. The zero-order valence-electron chi connectivity index (χ0n) is 19.7. The normalized spacial score (nSPS) is 16.4. The molecule has 1 aliphatic carbocycles. The molecule has 2 aromatic carbocycles. The summed E-state index contributed by atoms with van der Waals surface area (Å²) in [5, 5.41) is 10.6. The van der Waals surface area contributed by atoms with Gasteiger partial charge in [-0.3, -0.25) is 14.5 Å². The van der Waals surface area contributed by atoms with Crippen molar-refractivity contribution in [3.05, 3.63) is 64.1 Å². The largest absolute Gasteiger partial charge is 0.497 e. The minimum absolute atomic E-state index is 0.0543. The summed E-state index contributed by atoms with van der Waals surface area (Å²) in [5.74, 6) is 0.480. The highest BCUT2D eigenvalue weighted by Gasteiger charge is 2.32. The number of carbonyl (C=O) groups excluding carboxylic acids is 2. The van der Waals surface area contributed by atoms with Crippen molar-refractivity contribution in [3.8, 4) is 17.0 Å². The molecule has 1 N–H and O–H groups in total. The summed E-state index contributed by atoms with van der Waals surface area (Å²) >= 11 is 6.61. The number of hydrogen-bond donors (Lipinski definition) is 1. The number of aryl methyl sites for hydroxylation is 2. The molecule has 36 heavy (non-hydrogen) atoms. The van der Waals surface area contributed by atoms with Crippen molar-refractivity contribution >= 4 is 52.0 Å². The average molecular weight is 521 g/mol. The molecule has 2 heterocycles. The van der Waals surface area contributed by atoms with Gasteiger partial charge in [0.2, 0.25) is 11.7 Å². The molecule has 5 rings (SSSR count). The number of thioether (sulfide) groups is 1. The zero-order valence-corrected chi connectivity index (χ0v) is 21.3. The van der Waals surface area contributed by atoms with E-state index in [0.717, 1.165) is 29.7 Å². The second-order valence-electron chi connectivity index (χ2n) is 8.56. The number of methoxy groups -OCH3 is 1. The third kappa shape index (κ3) is 5.19. The number of thiocarbonyl (C=S) groups is 1. The molecule has 8 nitrogen and oxygen atoms in total. The van der Waals surface area contributed by atoms with Gasteiger partial charge in [-0.1, -0.05) is 48.2 Å². The number of amides is 2. The quantitative estimate of drug-likeness (QED) is 0.349. The van der Waals surface area contributed by atoms with Gasteiger partial charge >= 0.3 is 0 Å². The van der Waals surface area contributed by atoms with Crippen LogP contribution in [0.15, 0.2) is 52.0 Å². The molecule has 3 aromatic rings. The number of hydrogen-bond acceptors (Lipinski definition) is 8. The van der Waals surface area contributed by atoms with Crippen molar-refractivity contribution in [3.63, 3.8) is 0 Å². The second kappa shape index (κ2) is 10.6. The lowest BCUT2D eigenvalue weighted by Crippen LogP contribution is -2.31. The van der Waals surface area contributed by atoms with E-state index in [1.807, 2.05) is 30.3 Å². The molecule has 0 unspecified atom stereocenters. The molecule has 0 bridgehead atoms. The minimum Gasteiger partial charge on any atom is -0.497 e. The van der Waals surface area contributed by atoms with Crippen LogP contribution < -0.4 is 10.1 Å². The van der Waals surface area contributed by atoms with Crippen molar-refractivity contribution in [2.24, 2.45) is 0 Å². The number of carbonyl (C=O) groups is 2. The van der Waals surface area contributed by atoms with Crippen LogP contribution in [0.25, 0.3) is 17.3 Å². The Hall–Kier alpha value is -3.50. The average Bonchev–Trinajstić information content (AvgIpc) is 3.46. The maximum Gasteiger partial charge on any atom is 0.266 e. The Morgan fingerprint density at radius 3 is 2.72 bits per heavy atom. The molecule has 184 valence electrons. The van der Waals surface area contributed by atoms with Crippen LogP contribution in [0.4, 0.5) is 5.82 Å². The number of rotatable bonds is 7. The van der Waals surface area contributed by atoms with E-state index in [9.17, 15) is 9.59 Å². The second-order valence-corrected chi connectivity index (χ2v) is 10.2. The first kappa shape index (κ1) is 24.2. The summed E-state index contributed by atoms with van der Waals surface area (Å²) in [6.07, 6.45) is 6.34. The van der Waals surface area contributed by atoms with Gasteiger partial charge in [0.1, 0.15) is 10.1 Å². The summed E-state index contributed by atoms with van der Waals surface area (Å²) < 4.78 is 10.5. The highest BCUT2D eigenvalue weighted by atomic mass is 32.2. The van der Waals surface area contributed by atoms with Crippen molar-refractivity contribution < 1.29 is 19.0 Å². The monoisotopic (exact) mass is 520 g/mol. The molecule has 1 aromatic heterocycles. The van der Waals surface area contributed by atoms with Crippen LogP contribution in [0, 0.1) is 0 Å². The topological polar surface area (TPSA) is 97.6 Å². The molecule has 10 heteroatoms. The summed E-state index contributed by atoms with van der Waals surface area (Å²) in [5.41, 5.74) is 4.87. The number of nitrogens with zero attached hydrogens (tertiary/aromatic N) is 3. The fourth-order valence-electron chi connectivity index (χ4n) is 4.29. The van der Waals surface area contributed by atoms with E-state index >= 15 is 0 Å². The van der Waals surface area contributed by atoms with Gasteiger partial charge in [-0.25, -0.2) is 4.63 Å². The number of fused-ring (bicyclic) bond motifs is 1. The Kier molecular flexibility index (Phi) is 7.15. The Balaban J connectivity index is 1.21. The van der Waals surface area contributed by atoms with E-state index in [2.05, 4.69) is 27.8 Å². The lowest BCUT2D eigenvalue weighted by atomic mass is 9.90. The summed E-state index contributed by atoms with van der Waals surface area (Å²) in [6.45, 7) is 0.163. The van der Waals surface area contributed by atoms with Crippen molar-refractivity contribution in [1.82, 2.24) is 15.2 Å². The van der Waals surface area contributed by atoms with Crippen LogP contribution in [-0.2, 0) is 22.4 Å². The Bertz CT molecular complexity index is 1350. The lowest BCUT2D eigenvalue weighted by molar-refractivity contribution is -0.122. The van der Waals surface area contributed by atoms with Crippen LogP contribution in [0.5, 0.6) is 5.75 Å². The standard InChI is InChI=1S/C26H24N4O4S2/c1-33-20-10-6-16(7-11-20)14-21-25(32)30(26(35)36-21)13-12-22(31)27-24-23(28-34-29-24)19-9-8-17-4-2-3-5-18(17)15-19/h6-11,14-15H,2-5,12-13H2,1H3,(H,27,29,31)/b21-14-. The molecule has 0 saturated carbocycles. The highest BCUT2D eigenvalue weighted by Crippen LogP contribution is 2.33. The highest BCUT2D eigenvalue weighted by molar-refractivity contribution is 8.26. The van der Waals surface area contributed by atoms with Crippen LogP contribution in [-0.4, -0.2) is 45.0 Å². The molecule has 1 aliphatic heterocycles. The van der Waals surface area contributed by atoms with Gasteiger partial charge in [-0.15, -0.1) is 0 Å². The molecule has 0 spiro atoms. The molecular formula is C26H24N4O4S2. The first-order valence-electron chi connectivity index (χ1n) is 11.7. The molecule has 2 amide bonds. The summed E-state index contributed by atoms with van der Waals surface area (Å²) in [6, 6.07) is 13.6. The Labute approximate surface area is 218 Å². The fraction of sp³-hybridized carbons (Fsp3) is 0.269. The van der Waals surface area contributed by atoms with Gasteiger partial charge < -0.3 is 10.1 Å². The molecular weight excluding hydrogens is 496 g/mol. The van der Waals surface area contributed by atoms with Gasteiger partial charge in [0.15, 0.2) is 5.69 Å². The third-order valence-corrected chi connectivity index (χ3v) is 7.60. The van der Waals surface area contributed by atoms with Crippen molar-refractivity contribution in [1.29, 1.82) is 0 Å². The minimum atomic E-state index is -0.307. The molecule has 2 aliphatic rings. The van der Waals surface area contributed by atoms with E-state index in [1.54, 1.807) is 13.2 Å². The van der Waals surface area contributed by atoms with E-state index in [-0.39, 0.29) is 30.6 Å². The summed E-state index contributed by atoms with van der Waals surface area (Å²) in [7, 11) is 1.60. The Morgan fingerprint density at radius 1 is 1.17 bits per heavy atom. The number of nitrogens with one attached hydrogen (secondary N) is 1. The SMILES string of the molecule is COc1ccc(/C=C2\SC(=S)N(CCC(=O)Nc3nonc3-c3ccc4c(c3)CCCC4)C2=O)cc1. The molecule has 0 radical (unpaired) electrons. The number of aromatic nitrogens is 2. The molecule has 0 atom stereocenters. The summed E-state index contributed by atoms with van der Waals surface area (Å²) in [4.78, 5) is 27.5. The third-order valence-electron chi connectivity index (χ3n) is 6.22. The van der Waals surface area contributed by atoms with E-state index < -0.39 is 0 Å².